The highest BCUT2D eigenvalue weighted by Crippen LogP contribution is 2.15. The van der Waals surface area contributed by atoms with E-state index in [1.165, 1.54) is 17.4 Å². The number of carbonyl (C=O) groups excluding carboxylic acids is 1. The van der Waals surface area contributed by atoms with Crippen molar-refractivity contribution in [2.24, 2.45) is 4.99 Å². The summed E-state index contributed by atoms with van der Waals surface area (Å²) in [5.41, 5.74) is 2.03. The Bertz CT molecular complexity index is 708. The van der Waals surface area contributed by atoms with Gasteiger partial charge in [0.15, 0.2) is 5.96 Å². The molecule has 0 aromatic heterocycles. The average Bonchev–Trinajstić information content (AvgIpc) is 2.65. The van der Waals surface area contributed by atoms with Crippen molar-refractivity contribution in [2.75, 3.05) is 31.2 Å². The van der Waals surface area contributed by atoms with Crippen molar-refractivity contribution in [2.45, 2.75) is 18.2 Å². The maximum absolute atomic E-state index is 11.0. The molecular formula is C20H27IN4OS. The number of benzene rings is 2. The number of anilines is 1. The fourth-order valence-electron chi connectivity index (χ4n) is 2.36. The Balaban J connectivity index is 0.00000364. The molecule has 0 spiro atoms. The number of nitrogens with zero attached hydrogens (tertiary/aromatic N) is 1. The van der Waals surface area contributed by atoms with E-state index in [1.807, 2.05) is 42.1 Å². The minimum absolute atomic E-state index is 0. The van der Waals surface area contributed by atoms with Crippen LogP contribution in [0.1, 0.15) is 12.5 Å². The summed E-state index contributed by atoms with van der Waals surface area (Å²) in [6.45, 7) is 3.16. The lowest BCUT2D eigenvalue weighted by Crippen LogP contribution is -2.39. The second kappa shape index (κ2) is 13.4. The predicted molar refractivity (Wildman–Crippen MR) is 126 cm³/mol. The summed E-state index contributed by atoms with van der Waals surface area (Å²) in [5.74, 6) is 1.74. The molecule has 146 valence electrons. The van der Waals surface area contributed by atoms with Crippen LogP contribution in [0.15, 0.2) is 64.5 Å². The molecular weight excluding hydrogens is 471 g/mol. The number of guanidine groups is 1. The summed E-state index contributed by atoms with van der Waals surface area (Å²) in [6.07, 6.45) is 0.889. The first-order chi connectivity index (χ1) is 12.7. The van der Waals surface area contributed by atoms with Gasteiger partial charge in [-0.25, -0.2) is 0 Å². The smallest absolute Gasteiger partial charge is 0.221 e. The molecule has 1 amide bonds. The zero-order valence-corrected chi connectivity index (χ0v) is 18.8. The number of thioether (sulfide) groups is 1. The average molecular weight is 498 g/mol. The van der Waals surface area contributed by atoms with Crippen LogP contribution in [0.5, 0.6) is 0 Å². The van der Waals surface area contributed by atoms with E-state index in [0.29, 0.717) is 0 Å². The van der Waals surface area contributed by atoms with E-state index in [-0.39, 0.29) is 29.9 Å². The zero-order valence-electron chi connectivity index (χ0n) is 15.7. The van der Waals surface area contributed by atoms with Gasteiger partial charge < -0.3 is 16.0 Å². The first-order valence-electron chi connectivity index (χ1n) is 8.66. The second-order valence-corrected chi connectivity index (χ2v) is 6.88. The molecule has 0 atom stereocenters. The molecule has 2 rings (SSSR count). The third-order valence-electron chi connectivity index (χ3n) is 3.61. The number of amides is 1. The van der Waals surface area contributed by atoms with Crippen molar-refractivity contribution in [3.05, 3.63) is 60.2 Å². The van der Waals surface area contributed by atoms with E-state index in [0.717, 1.165) is 36.9 Å². The van der Waals surface area contributed by atoms with E-state index in [9.17, 15) is 4.79 Å². The molecule has 0 bridgehead atoms. The number of hydrogen-bond donors (Lipinski definition) is 3. The Labute approximate surface area is 182 Å². The van der Waals surface area contributed by atoms with Crippen molar-refractivity contribution in [1.29, 1.82) is 0 Å². The van der Waals surface area contributed by atoms with Gasteiger partial charge in [0.25, 0.3) is 0 Å². The van der Waals surface area contributed by atoms with E-state index in [1.54, 1.807) is 7.05 Å². The molecule has 2 aromatic carbocycles. The fraction of sp³-hybridized carbons (Fsp3) is 0.300. The molecule has 0 heterocycles. The number of nitrogens with one attached hydrogen (secondary N) is 3. The number of aliphatic imine (C=N–C) groups is 1. The maximum Gasteiger partial charge on any atom is 0.221 e. The molecule has 0 aliphatic rings. The summed E-state index contributed by atoms with van der Waals surface area (Å²) in [5, 5.41) is 9.42. The molecule has 0 aliphatic carbocycles. The predicted octanol–water partition coefficient (Wildman–Crippen LogP) is 3.76. The summed E-state index contributed by atoms with van der Waals surface area (Å²) >= 11 is 1.82. The van der Waals surface area contributed by atoms with Crippen LogP contribution in [0.25, 0.3) is 0 Å². The number of hydrogen-bond acceptors (Lipinski definition) is 3. The first kappa shape index (κ1) is 23.3. The van der Waals surface area contributed by atoms with Gasteiger partial charge in [0.05, 0.1) is 0 Å². The first-order valence-corrected chi connectivity index (χ1v) is 9.65. The number of halogens is 1. The Morgan fingerprint density at radius 2 is 1.67 bits per heavy atom. The molecule has 0 fully saturated rings. The molecule has 0 unspecified atom stereocenters. The molecule has 7 heteroatoms. The molecule has 0 aliphatic heterocycles. The van der Waals surface area contributed by atoms with Gasteiger partial charge in [-0.1, -0.05) is 30.3 Å². The summed E-state index contributed by atoms with van der Waals surface area (Å²) in [4.78, 5) is 16.6. The Morgan fingerprint density at radius 3 is 2.30 bits per heavy atom. The van der Waals surface area contributed by atoms with E-state index in [4.69, 9.17) is 0 Å². The number of rotatable bonds is 8. The van der Waals surface area contributed by atoms with Crippen molar-refractivity contribution >= 4 is 53.3 Å². The SMILES string of the molecule is CN=C(NCCSc1ccccc1)NCCc1ccc(NC(C)=O)cc1.I. The Kier molecular flexibility index (Phi) is 11.6. The van der Waals surface area contributed by atoms with Crippen molar-refractivity contribution in [3.63, 3.8) is 0 Å². The van der Waals surface area contributed by atoms with Crippen LogP contribution in [-0.4, -0.2) is 37.8 Å². The molecule has 27 heavy (non-hydrogen) atoms. The minimum atomic E-state index is -0.0558. The monoisotopic (exact) mass is 498 g/mol. The molecule has 0 saturated heterocycles. The van der Waals surface area contributed by atoms with Crippen molar-refractivity contribution in [1.82, 2.24) is 10.6 Å². The van der Waals surface area contributed by atoms with Crippen molar-refractivity contribution in [3.8, 4) is 0 Å². The van der Waals surface area contributed by atoms with E-state index < -0.39 is 0 Å². The highest BCUT2D eigenvalue weighted by Gasteiger charge is 2.00. The quantitative estimate of drug-likeness (QED) is 0.171. The lowest BCUT2D eigenvalue weighted by atomic mass is 10.1. The lowest BCUT2D eigenvalue weighted by Gasteiger charge is -2.12. The molecule has 2 aromatic rings. The van der Waals surface area contributed by atoms with Gasteiger partial charge in [0.2, 0.25) is 5.91 Å². The van der Waals surface area contributed by atoms with Gasteiger partial charge in [0.1, 0.15) is 0 Å². The summed E-state index contributed by atoms with van der Waals surface area (Å²) in [7, 11) is 1.78. The zero-order chi connectivity index (χ0) is 18.6. The van der Waals surface area contributed by atoms with Crippen LogP contribution in [-0.2, 0) is 11.2 Å². The lowest BCUT2D eigenvalue weighted by molar-refractivity contribution is -0.114. The Morgan fingerprint density at radius 1 is 1.00 bits per heavy atom. The van der Waals surface area contributed by atoms with Gasteiger partial charge in [-0.05, 0) is 36.2 Å². The maximum atomic E-state index is 11.0. The third-order valence-corrected chi connectivity index (χ3v) is 4.62. The molecule has 3 N–H and O–H groups in total. The van der Waals surface area contributed by atoms with Crippen LogP contribution >= 0.6 is 35.7 Å². The van der Waals surface area contributed by atoms with Crippen LogP contribution in [0.4, 0.5) is 5.69 Å². The normalized spacial score (nSPS) is 10.7. The topological polar surface area (TPSA) is 65.5 Å². The van der Waals surface area contributed by atoms with Crippen LogP contribution in [0.3, 0.4) is 0 Å². The molecule has 0 radical (unpaired) electrons. The largest absolute Gasteiger partial charge is 0.356 e. The highest BCUT2D eigenvalue weighted by atomic mass is 127. The van der Waals surface area contributed by atoms with Crippen LogP contribution < -0.4 is 16.0 Å². The number of carbonyl (C=O) groups is 1. The van der Waals surface area contributed by atoms with Gasteiger partial charge in [-0.15, -0.1) is 35.7 Å². The standard InChI is InChI=1S/C20H26N4OS.HI/c1-16(25)24-18-10-8-17(9-11-18)12-13-22-20(21-2)23-14-15-26-19-6-4-3-5-7-19;/h3-11H,12-15H2,1-2H3,(H,24,25)(H2,21,22,23);1H. The molecule has 0 saturated carbocycles. The van der Waals surface area contributed by atoms with E-state index >= 15 is 0 Å². The van der Waals surface area contributed by atoms with Crippen LogP contribution in [0, 0.1) is 0 Å². The highest BCUT2D eigenvalue weighted by molar-refractivity contribution is 14.0. The van der Waals surface area contributed by atoms with Gasteiger partial charge in [-0.2, -0.15) is 0 Å². The summed E-state index contributed by atoms with van der Waals surface area (Å²) in [6, 6.07) is 18.3. The van der Waals surface area contributed by atoms with Crippen molar-refractivity contribution < 1.29 is 4.79 Å². The van der Waals surface area contributed by atoms with E-state index in [2.05, 4.69) is 45.2 Å². The van der Waals surface area contributed by atoms with Gasteiger partial charge in [-0.3, -0.25) is 9.79 Å². The minimum Gasteiger partial charge on any atom is -0.356 e. The summed E-state index contributed by atoms with van der Waals surface area (Å²) < 4.78 is 0. The van der Waals surface area contributed by atoms with Crippen LogP contribution in [0.2, 0.25) is 0 Å². The van der Waals surface area contributed by atoms with Gasteiger partial charge >= 0.3 is 0 Å². The third kappa shape index (κ3) is 9.67. The molecule has 5 nitrogen and oxygen atoms in total. The Hall–Kier alpha value is -1.74. The van der Waals surface area contributed by atoms with Gasteiger partial charge in [0, 0.05) is 43.4 Å². The second-order valence-electron chi connectivity index (χ2n) is 5.72. The fourth-order valence-corrected chi connectivity index (χ4v) is 3.15.